The Balaban J connectivity index is 1.76. The SMILES string of the molecule is CCOC(=O)/C=C/c1ccc(NC(=O)CCSc2ccccc2)cc1. The number of rotatable bonds is 8. The molecule has 0 aliphatic carbocycles. The highest BCUT2D eigenvalue weighted by molar-refractivity contribution is 7.99. The first-order chi connectivity index (χ1) is 12.2. The maximum atomic E-state index is 12.0. The van der Waals surface area contributed by atoms with Crippen LogP contribution < -0.4 is 5.32 Å². The molecule has 2 rings (SSSR count). The summed E-state index contributed by atoms with van der Waals surface area (Å²) in [5.74, 6) is 0.352. The summed E-state index contributed by atoms with van der Waals surface area (Å²) in [6.07, 6.45) is 3.52. The van der Waals surface area contributed by atoms with Gasteiger partial charge in [-0.05, 0) is 42.8 Å². The van der Waals surface area contributed by atoms with Gasteiger partial charge in [0.25, 0.3) is 0 Å². The topological polar surface area (TPSA) is 55.4 Å². The van der Waals surface area contributed by atoms with E-state index in [0.717, 1.165) is 21.9 Å². The molecule has 5 heteroatoms. The maximum absolute atomic E-state index is 12.0. The fraction of sp³-hybridized carbons (Fsp3) is 0.200. The Hall–Kier alpha value is -2.53. The molecule has 0 atom stereocenters. The minimum atomic E-state index is -0.365. The van der Waals surface area contributed by atoms with Gasteiger partial charge in [0, 0.05) is 28.8 Å². The van der Waals surface area contributed by atoms with Gasteiger partial charge in [0.1, 0.15) is 0 Å². The minimum Gasteiger partial charge on any atom is -0.463 e. The molecular formula is C20H21NO3S. The predicted molar refractivity (Wildman–Crippen MR) is 103 cm³/mol. The van der Waals surface area contributed by atoms with E-state index in [1.54, 1.807) is 24.8 Å². The van der Waals surface area contributed by atoms with E-state index in [9.17, 15) is 9.59 Å². The highest BCUT2D eigenvalue weighted by Gasteiger charge is 2.03. The Bertz CT molecular complexity index is 711. The number of hydrogen-bond acceptors (Lipinski definition) is 4. The number of nitrogens with one attached hydrogen (secondary N) is 1. The summed E-state index contributed by atoms with van der Waals surface area (Å²) in [5, 5.41) is 2.87. The quantitative estimate of drug-likeness (QED) is 0.434. The van der Waals surface area contributed by atoms with Gasteiger partial charge >= 0.3 is 5.97 Å². The van der Waals surface area contributed by atoms with Crippen LogP contribution in [0.25, 0.3) is 6.08 Å². The first-order valence-electron chi connectivity index (χ1n) is 8.10. The molecule has 2 aromatic carbocycles. The predicted octanol–water partition coefficient (Wildman–Crippen LogP) is 4.38. The van der Waals surface area contributed by atoms with Crippen molar-refractivity contribution in [2.24, 2.45) is 0 Å². The third-order valence-electron chi connectivity index (χ3n) is 3.23. The average Bonchev–Trinajstić information content (AvgIpc) is 2.62. The molecule has 0 saturated heterocycles. The molecule has 1 amide bonds. The van der Waals surface area contributed by atoms with Gasteiger partial charge in [-0.15, -0.1) is 11.8 Å². The van der Waals surface area contributed by atoms with E-state index in [4.69, 9.17) is 4.74 Å². The van der Waals surface area contributed by atoms with Crippen LogP contribution in [0.15, 0.2) is 65.6 Å². The zero-order valence-electron chi connectivity index (χ0n) is 14.1. The van der Waals surface area contributed by atoms with Gasteiger partial charge in [-0.25, -0.2) is 4.79 Å². The molecule has 0 radical (unpaired) electrons. The molecule has 2 aromatic rings. The second kappa shape index (κ2) is 10.4. The summed E-state index contributed by atoms with van der Waals surface area (Å²) < 4.78 is 4.82. The fourth-order valence-corrected chi connectivity index (χ4v) is 2.91. The average molecular weight is 355 g/mol. The van der Waals surface area contributed by atoms with Crippen LogP contribution in [0.4, 0.5) is 5.69 Å². The number of amides is 1. The van der Waals surface area contributed by atoms with Crippen molar-refractivity contribution in [3.05, 3.63) is 66.2 Å². The number of thioether (sulfide) groups is 1. The van der Waals surface area contributed by atoms with Crippen molar-refractivity contribution >= 4 is 35.4 Å². The van der Waals surface area contributed by atoms with Crippen molar-refractivity contribution in [2.75, 3.05) is 17.7 Å². The van der Waals surface area contributed by atoms with E-state index in [1.807, 2.05) is 54.6 Å². The van der Waals surface area contributed by atoms with Gasteiger partial charge in [-0.2, -0.15) is 0 Å². The molecule has 25 heavy (non-hydrogen) atoms. The molecule has 0 aliphatic rings. The van der Waals surface area contributed by atoms with Crippen molar-refractivity contribution < 1.29 is 14.3 Å². The van der Waals surface area contributed by atoms with Crippen LogP contribution in [0.2, 0.25) is 0 Å². The number of anilines is 1. The Morgan fingerprint density at radius 3 is 2.48 bits per heavy atom. The van der Waals surface area contributed by atoms with Crippen LogP contribution in [0.3, 0.4) is 0 Å². The Morgan fingerprint density at radius 1 is 1.08 bits per heavy atom. The second-order valence-corrected chi connectivity index (χ2v) is 6.34. The number of carbonyl (C=O) groups excluding carboxylic acids is 2. The number of hydrogen-bond donors (Lipinski definition) is 1. The largest absolute Gasteiger partial charge is 0.463 e. The molecule has 0 fully saturated rings. The molecule has 0 saturated carbocycles. The molecular weight excluding hydrogens is 334 g/mol. The lowest BCUT2D eigenvalue weighted by Crippen LogP contribution is -2.12. The van der Waals surface area contributed by atoms with Crippen molar-refractivity contribution in [2.45, 2.75) is 18.2 Å². The Morgan fingerprint density at radius 2 is 1.80 bits per heavy atom. The number of ether oxygens (including phenoxy) is 1. The van der Waals surface area contributed by atoms with Gasteiger partial charge in [-0.3, -0.25) is 4.79 Å². The highest BCUT2D eigenvalue weighted by Crippen LogP contribution is 2.18. The summed E-state index contributed by atoms with van der Waals surface area (Å²) in [7, 11) is 0. The number of benzene rings is 2. The minimum absolute atomic E-state index is 0.0155. The molecule has 0 bridgehead atoms. The van der Waals surface area contributed by atoms with E-state index in [2.05, 4.69) is 5.32 Å². The maximum Gasteiger partial charge on any atom is 0.330 e. The lowest BCUT2D eigenvalue weighted by Gasteiger charge is -2.06. The van der Waals surface area contributed by atoms with Crippen molar-refractivity contribution in [3.63, 3.8) is 0 Å². The molecule has 1 N–H and O–H groups in total. The summed E-state index contributed by atoms with van der Waals surface area (Å²) in [6.45, 7) is 2.12. The van der Waals surface area contributed by atoms with E-state index in [0.29, 0.717) is 13.0 Å². The molecule has 4 nitrogen and oxygen atoms in total. The van der Waals surface area contributed by atoms with Crippen LogP contribution in [0.5, 0.6) is 0 Å². The van der Waals surface area contributed by atoms with Crippen LogP contribution in [-0.2, 0) is 14.3 Å². The van der Waals surface area contributed by atoms with Gasteiger partial charge in [0.2, 0.25) is 5.91 Å². The number of esters is 1. The standard InChI is InChI=1S/C20H21NO3S/c1-2-24-20(23)13-10-16-8-11-17(12-9-16)21-19(22)14-15-25-18-6-4-3-5-7-18/h3-13H,2,14-15H2,1H3,(H,21,22)/b13-10+. The second-order valence-electron chi connectivity index (χ2n) is 5.17. The molecule has 0 heterocycles. The van der Waals surface area contributed by atoms with Gasteiger partial charge < -0.3 is 10.1 Å². The lowest BCUT2D eigenvalue weighted by molar-refractivity contribution is -0.137. The van der Waals surface area contributed by atoms with Gasteiger partial charge in [-0.1, -0.05) is 30.3 Å². The molecule has 130 valence electrons. The monoisotopic (exact) mass is 355 g/mol. The summed E-state index contributed by atoms with van der Waals surface area (Å²) in [4.78, 5) is 24.4. The Labute approximate surface area is 152 Å². The van der Waals surface area contributed by atoms with Crippen molar-refractivity contribution in [1.29, 1.82) is 0 Å². The van der Waals surface area contributed by atoms with E-state index in [1.165, 1.54) is 6.08 Å². The lowest BCUT2D eigenvalue weighted by atomic mass is 10.2. The van der Waals surface area contributed by atoms with Gasteiger partial charge in [0.05, 0.1) is 6.61 Å². The zero-order chi connectivity index (χ0) is 17.9. The first-order valence-corrected chi connectivity index (χ1v) is 9.08. The van der Waals surface area contributed by atoms with Crippen LogP contribution >= 0.6 is 11.8 Å². The molecule has 0 aromatic heterocycles. The van der Waals surface area contributed by atoms with E-state index >= 15 is 0 Å². The smallest absolute Gasteiger partial charge is 0.330 e. The van der Waals surface area contributed by atoms with Crippen molar-refractivity contribution in [1.82, 2.24) is 0 Å². The third-order valence-corrected chi connectivity index (χ3v) is 4.25. The van der Waals surface area contributed by atoms with E-state index < -0.39 is 0 Å². The van der Waals surface area contributed by atoms with Crippen LogP contribution in [0.1, 0.15) is 18.9 Å². The van der Waals surface area contributed by atoms with Gasteiger partial charge in [0.15, 0.2) is 0 Å². The Kier molecular flexibility index (Phi) is 7.79. The molecule has 0 aliphatic heterocycles. The normalized spacial score (nSPS) is 10.6. The van der Waals surface area contributed by atoms with E-state index in [-0.39, 0.29) is 11.9 Å². The summed E-state index contributed by atoms with van der Waals surface area (Å²) >= 11 is 1.66. The third kappa shape index (κ3) is 7.27. The molecule has 0 spiro atoms. The highest BCUT2D eigenvalue weighted by atomic mass is 32.2. The first kappa shape index (κ1) is 18.8. The van der Waals surface area contributed by atoms with Crippen LogP contribution in [0, 0.1) is 0 Å². The fourth-order valence-electron chi connectivity index (χ4n) is 2.03. The zero-order valence-corrected chi connectivity index (χ0v) is 14.9. The van der Waals surface area contributed by atoms with Crippen molar-refractivity contribution in [3.8, 4) is 0 Å². The van der Waals surface area contributed by atoms with Crippen LogP contribution in [-0.4, -0.2) is 24.2 Å². The summed E-state index contributed by atoms with van der Waals surface area (Å²) in [6, 6.07) is 17.3. The number of carbonyl (C=O) groups is 2. The molecule has 0 unspecified atom stereocenters. The summed E-state index contributed by atoms with van der Waals surface area (Å²) in [5.41, 5.74) is 1.61.